The minimum Gasteiger partial charge on any atom is -0.444 e. The van der Waals surface area contributed by atoms with E-state index in [0.29, 0.717) is 13.1 Å². The minimum atomic E-state index is -0.450. The summed E-state index contributed by atoms with van der Waals surface area (Å²) in [6, 6.07) is 0. The first-order valence-electron chi connectivity index (χ1n) is 6.51. The number of amides is 1. The third-order valence-electron chi connectivity index (χ3n) is 4.25. The molecule has 5 nitrogen and oxygen atoms in total. The molecule has 5 heteroatoms. The van der Waals surface area contributed by atoms with E-state index in [9.17, 15) is 9.90 Å². The van der Waals surface area contributed by atoms with Crippen LogP contribution >= 0.6 is 0 Å². The van der Waals surface area contributed by atoms with E-state index in [0.717, 1.165) is 13.1 Å². The van der Waals surface area contributed by atoms with Crippen LogP contribution in [-0.2, 0) is 4.74 Å². The summed E-state index contributed by atoms with van der Waals surface area (Å²) in [5.74, 6) is 0. The van der Waals surface area contributed by atoms with Crippen LogP contribution in [0.1, 0.15) is 27.7 Å². The zero-order valence-corrected chi connectivity index (χ0v) is 11.7. The predicted octanol–water partition coefficient (Wildman–Crippen LogP) is 0.825. The Labute approximate surface area is 108 Å². The average molecular weight is 256 g/mol. The maximum Gasteiger partial charge on any atom is 0.410 e. The first kappa shape index (κ1) is 13.6. The predicted molar refractivity (Wildman–Crippen MR) is 68.3 cm³/mol. The number of aliphatic hydroxyl groups excluding tert-OH is 1. The second-order valence-corrected chi connectivity index (χ2v) is 6.94. The zero-order chi connectivity index (χ0) is 13.6. The Morgan fingerprint density at radius 1 is 1.39 bits per heavy atom. The molecule has 1 amide bonds. The normalized spacial score (nSPS) is 30.4. The van der Waals surface area contributed by atoms with Crippen molar-refractivity contribution in [2.75, 3.05) is 32.8 Å². The molecule has 0 saturated carbocycles. The summed E-state index contributed by atoms with van der Waals surface area (Å²) >= 11 is 0. The topological polar surface area (TPSA) is 61.8 Å². The van der Waals surface area contributed by atoms with Crippen LogP contribution < -0.4 is 5.32 Å². The van der Waals surface area contributed by atoms with Gasteiger partial charge in [-0.3, -0.25) is 0 Å². The molecule has 2 N–H and O–H groups in total. The van der Waals surface area contributed by atoms with Gasteiger partial charge in [0.2, 0.25) is 0 Å². The molecule has 0 aromatic rings. The molecule has 0 aromatic carbocycles. The number of likely N-dealkylation sites (tertiary alicyclic amines) is 1. The highest BCUT2D eigenvalue weighted by molar-refractivity contribution is 5.69. The molecular weight excluding hydrogens is 232 g/mol. The molecule has 0 aliphatic carbocycles. The molecule has 18 heavy (non-hydrogen) atoms. The lowest BCUT2D eigenvalue weighted by Gasteiger charge is -2.54. The van der Waals surface area contributed by atoms with Gasteiger partial charge in [-0.25, -0.2) is 4.79 Å². The first-order chi connectivity index (χ1) is 8.21. The molecule has 1 atom stereocenters. The monoisotopic (exact) mass is 256 g/mol. The van der Waals surface area contributed by atoms with Crippen LogP contribution in [0.2, 0.25) is 0 Å². The van der Waals surface area contributed by atoms with E-state index in [1.807, 2.05) is 20.8 Å². The molecule has 104 valence electrons. The summed E-state index contributed by atoms with van der Waals surface area (Å²) in [6.07, 6.45) is -0.250. The fourth-order valence-electron chi connectivity index (χ4n) is 2.84. The largest absolute Gasteiger partial charge is 0.444 e. The Balaban J connectivity index is 1.96. The van der Waals surface area contributed by atoms with Gasteiger partial charge in [0.25, 0.3) is 0 Å². The lowest BCUT2D eigenvalue weighted by molar-refractivity contribution is -0.0854. The number of hydrogen-bond donors (Lipinski definition) is 2. The van der Waals surface area contributed by atoms with Gasteiger partial charge in [0.15, 0.2) is 0 Å². The van der Waals surface area contributed by atoms with Gasteiger partial charge in [0.1, 0.15) is 5.60 Å². The second kappa shape index (κ2) is 4.10. The van der Waals surface area contributed by atoms with Crippen molar-refractivity contribution >= 4 is 6.09 Å². The van der Waals surface area contributed by atoms with E-state index < -0.39 is 5.60 Å². The number of ether oxygens (including phenoxy) is 1. The van der Waals surface area contributed by atoms with E-state index in [1.54, 1.807) is 4.90 Å². The maximum absolute atomic E-state index is 11.9. The van der Waals surface area contributed by atoms with Crippen molar-refractivity contribution in [2.45, 2.75) is 33.3 Å². The van der Waals surface area contributed by atoms with Crippen molar-refractivity contribution in [3.8, 4) is 0 Å². The van der Waals surface area contributed by atoms with Crippen LogP contribution in [0.4, 0.5) is 4.79 Å². The van der Waals surface area contributed by atoms with E-state index in [4.69, 9.17) is 4.74 Å². The summed E-state index contributed by atoms with van der Waals surface area (Å²) < 4.78 is 5.35. The van der Waals surface area contributed by atoms with Gasteiger partial charge in [0.05, 0.1) is 6.61 Å². The van der Waals surface area contributed by atoms with Crippen LogP contribution in [0.25, 0.3) is 0 Å². The number of carbonyl (C=O) groups is 1. The van der Waals surface area contributed by atoms with Crippen molar-refractivity contribution < 1.29 is 14.6 Å². The van der Waals surface area contributed by atoms with Crippen LogP contribution in [0.5, 0.6) is 0 Å². The third-order valence-corrected chi connectivity index (χ3v) is 4.25. The smallest absolute Gasteiger partial charge is 0.410 e. The number of hydrogen-bond acceptors (Lipinski definition) is 4. The summed E-state index contributed by atoms with van der Waals surface area (Å²) in [5, 5.41) is 12.9. The summed E-state index contributed by atoms with van der Waals surface area (Å²) in [6.45, 7) is 10.9. The molecule has 2 rings (SSSR count). The highest BCUT2D eigenvalue weighted by atomic mass is 16.6. The molecule has 1 spiro atoms. The fraction of sp³-hybridized carbons (Fsp3) is 0.923. The summed E-state index contributed by atoms with van der Waals surface area (Å²) in [5.41, 5.74) is -0.571. The first-order valence-corrected chi connectivity index (χ1v) is 6.51. The SMILES string of the molecule is CC(C)(C)OC(=O)N1CC2(CNC[C@@]2(C)CO)C1. The standard InChI is InChI=1S/C13H24N2O3/c1-11(2,3)18-10(17)15-7-13(8-15)6-14-5-12(13,4)9-16/h14,16H,5-9H2,1-4H3/t12-/m0/s1. The Morgan fingerprint density at radius 2 is 2.00 bits per heavy atom. The quantitative estimate of drug-likeness (QED) is 0.729. The number of nitrogens with one attached hydrogen (secondary N) is 1. The van der Waals surface area contributed by atoms with Gasteiger partial charge in [-0.1, -0.05) is 6.92 Å². The van der Waals surface area contributed by atoms with Gasteiger partial charge < -0.3 is 20.1 Å². The van der Waals surface area contributed by atoms with E-state index in [-0.39, 0.29) is 23.5 Å². The zero-order valence-electron chi connectivity index (χ0n) is 11.7. The lowest BCUT2D eigenvalue weighted by Crippen LogP contribution is -2.66. The third kappa shape index (κ3) is 2.10. The minimum absolute atomic E-state index is 0.0126. The average Bonchev–Trinajstić information content (AvgIpc) is 2.51. The molecule has 0 radical (unpaired) electrons. The highest BCUT2D eigenvalue weighted by Crippen LogP contribution is 2.49. The summed E-state index contributed by atoms with van der Waals surface area (Å²) in [4.78, 5) is 13.6. The molecule has 2 aliphatic heterocycles. The van der Waals surface area contributed by atoms with Gasteiger partial charge in [-0.2, -0.15) is 0 Å². The molecule has 0 aromatic heterocycles. The van der Waals surface area contributed by atoms with E-state index >= 15 is 0 Å². The molecule has 2 fully saturated rings. The maximum atomic E-state index is 11.9. The molecule has 2 saturated heterocycles. The second-order valence-electron chi connectivity index (χ2n) is 6.94. The van der Waals surface area contributed by atoms with Gasteiger partial charge in [-0.15, -0.1) is 0 Å². The number of nitrogens with zero attached hydrogens (tertiary/aromatic N) is 1. The Hall–Kier alpha value is -0.810. The fourth-order valence-corrected chi connectivity index (χ4v) is 2.84. The van der Waals surface area contributed by atoms with Gasteiger partial charge in [0, 0.05) is 37.0 Å². The molecule has 0 bridgehead atoms. The Kier molecular flexibility index (Phi) is 3.10. The van der Waals surface area contributed by atoms with Crippen molar-refractivity contribution in [2.24, 2.45) is 10.8 Å². The van der Waals surface area contributed by atoms with Crippen LogP contribution in [0.15, 0.2) is 0 Å². The van der Waals surface area contributed by atoms with Crippen molar-refractivity contribution in [3.63, 3.8) is 0 Å². The molecule has 0 unspecified atom stereocenters. The lowest BCUT2D eigenvalue weighted by atomic mass is 9.62. The summed E-state index contributed by atoms with van der Waals surface area (Å²) in [7, 11) is 0. The van der Waals surface area contributed by atoms with E-state index in [2.05, 4.69) is 12.2 Å². The number of rotatable bonds is 1. The Morgan fingerprint density at radius 3 is 2.50 bits per heavy atom. The van der Waals surface area contributed by atoms with Crippen LogP contribution in [0.3, 0.4) is 0 Å². The highest BCUT2D eigenvalue weighted by Gasteiger charge is 2.59. The molecule has 2 heterocycles. The molecule has 2 aliphatic rings. The number of aliphatic hydroxyl groups is 1. The van der Waals surface area contributed by atoms with Crippen molar-refractivity contribution in [1.29, 1.82) is 0 Å². The van der Waals surface area contributed by atoms with E-state index in [1.165, 1.54) is 0 Å². The Bertz CT molecular complexity index is 345. The molecular formula is C13H24N2O3. The van der Waals surface area contributed by atoms with Crippen molar-refractivity contribution in [1.82, 2.24) is 10.2 Å². The number of carbonyl (C=O) groups excluding carboxylic acids is 1. The van der Waals surface area contributed by atoms with Crippen molar-refractivity contribution in [3.05, 3.63) is 0 Å². The van der Waals surface area contributed by atoms with Crippen LogP contribution in [-0.4, -0.2) is 54.5 Å². The van der Waals surface area contributed by atoms with Gasteiger partial charge in [-0.05, 0) is 20.8 Å². The van der Waals surface area contributed by atoms with Crippen LogP contribution in [0, 0.1) is 10.8 Å². The van der Waals surface area contributed by atoms with Gasteiger partial charge >= 0.3 is 6.09 Å².